The average molecular weight is 365 g/mol. The Balaban J connectivity index is 2.89. The zero-order valence-electron chi connectivity index (χ0n) is 13.6. The van der Waals surface area contributed by atoms with E-state index in [-0.39, 0.29) is 0 Å². The molecule has 0 aliphatic rings. The Kier molecular flexibility index (Phi) is 20.7. The third kappa shape index (κ3) is 18.8. The van der Waals surface area contributed by atoms with Gasteiger partial charge < -0.3 is 0 Å². The van der Waals surface area contributed by atoms with E-state index in [0.29, 0.717) is 0 Å². The van der Waals surface area contributed by atoms with Crippen LogP contribution in [0.3, 0.4) is 0 Å². The van der Waals surface area contributed by atoms with Crippen molar-refractivity contribution in [3.8, 4) is 0 Å². The van der Waals surface area contributed by atoms with Gasteiger partial charge in [-0.05, 0) is 18.6 Å². The first-order chi connectivity index (χ1) is 9.91. The lowest BCUT2D eigenvalue weighted by Gasteiger charge is -2.03. The van der Waals surface area contributed by atoms with Crippen LogP contribution in [0.2, 0.25) is 0 Å². The van der Waals surface area contributed by atoms with E-state index >= 15 is 0 Å². The summed E-state index contributed by atoms with van der Waals surface area (Å²) in [6, 6.07) is 0. The zero-order valence-corrected chi connectivity index (χ0v) is 16.0. The smallest absolute Gasteiger partial charge is 0.00313 e. The van der Waals surface area contributed by atoms with Gasteiger partial charge in [-0.3, -0.25) is 0 Å². The van der Waals surface area contributed by atoms with Crippen molar-refractivity contribution < 1.29 is 0 Å². The summed E-state index contributed by atoms with van der Waals surface area (Å²) in [5.74, 6) is 1.07. The van der Waals surface area contributed by atoms with Gasteiger partial charge in [0.2, 0.25) is 0 Å². The lowest BCUT2D eigenvalue weighted by molar-refractivity contribution is 0.532. The molecule has 0 rings (SSSR count). The molecule has 0 aromatic rings. The predicted molar refractivity (Wildman–Crippen MR) is 102 cm³/mol. The van der Waals surface area contributed by atoms with Crippen LogP contribution in [0, 0.1) is 0 Å². The standard InChI is InChI=1S/C18H37BrS/c19-17-15-13-11-9-7-5-3-1-2-4-6-8-10-12-14-16-18-20/h20H,1-18H2. The van der Waals surface area contributed by atoms with E-state index in [1.807, 2.05) is 0 Å². The Bertz CT molecular complexity index is 143. The molecule has 0 nitrogen and oxygen atoms in total. The Hall–Kier alpha value is 0.830. The fourth-order valence-corrected chi connectivity index (χ4v) is 3.30. The van der Waals surface area contributed by atoms with Crippen molar-refractivity contribution >= 4 is 28.6 Å². The van der Waals surface area contributed by atoms with Crippen LogP contribution in [0.5, 0.6) is 0 Å². The van der Waals surface area contributed by atoms with Crippen molar-refractivity contribution in [2.75, 3.05) is 11.1 Å². The number of halogens is 1. The fourth-order valence-electron chi connectivity index (χ4n) is 2.68. The number of thiol groups is 1. The maximum atomic E-state index is 4.25. The van der Waals surface area contributed by atoms with Crippen LogP contribution >= 0.6 is 28.6 Å². The van der Waals surface area contributed by atoms with Gasteiger partial charge in [0.25, 0.3) is 0 Å². The number of rotatable bonds is 17. The minimum absolute atomic E-state index is 1.07. The number of alkyl halides is 1. The topological polar surface area (TPSA) is 0 Å². The third-order valence-corrected chi connectivity index (χ3v) is 4.92. The van der Waals surface area contributed by atoms with E-state index < -0.39 is 0 Å². The summed E-state index contributed by atoms with van der Waals surface area (Å²) in [4.78, 5) is 0. The SMILES string of the molecule is SCCCCCCCCCCCCCCCCCCBr. The molecule has 0 fully saturated rings. The molecule has 0 saturated heterocycles. The Morgan fingerprint density at radius 1 is 0.400 bits per heavy atom. The highest BCUT2D eigenvalue weighted by atomic mass is 79.9. The third-order valence-electron chi connectivity index (χ3n) is 4.04. The first-order valence-corrected chi connectivity index (χ1v) is 10.8. The largest absolute Gasteiger partial charge is 0.179 e. The van der Waals surface area contributed by atoms with E-state index in [9.17, 15) is 0 Å². The normalized spacial score (nSPS) is 11.1. The van der Waals surface area contributed by atoms with E-state index in [1.54, 1.807) is 0 Å². The summed E-state index contributed by atoms with van der Waals surface area (Å²) in [7, 11) is 0. The highest BCUT2D eigenvalue weighted by Crippen LogP contribution is 2.13. The van der Waals surface area contributed by atoms with E-state index in [4.69, 9.17) is 0 Å². The Morgan fingerprint density at radius 3 is 0.900 bits per heavy atom. The second-order valence-electron chi connectivity index (χ2n) is 6.07. The molecule has 0 amide bonds. The second kappa shape index (κ2) is 19.8. The molecule has 0 saturated carbocycles. The molecule has 122 valence electrons. The first-order valence-electron chi connectivity index (χ1n) is 9.08. The van der Waals surface area contributed by atoms with Gasteiger partial charge in [-0.25, -0.2) is 0 Å². The highest BCUT2D eigenvalue weighted by molar-refractivity contribution is 9.09. The highest BCUT2D eigenvalue weighted by Gasteiger charge is 1.94. The van der Waals surface area contributed by atoms with Gasteiger partial charge in [0.05, 0.1) is 0 Å². The molecule has 0 bridgehead atoms. The van der Waals surface area contributed by atoms with Gasteiger partial charge in [0, 0.05) is 5.33 Å². The second-order valence-corrected chi connectivity index (χ2v) is 7.31. The molecule has 0 unspecified atom stereocenters. The van der Waals surface area contributed by atoms with E-state index in [2.05, 4.69) is 28.6 Å². The van der Waals surface area contributed by atoms with Crippen LogP contribution in [0.4, 0.5) is 0 Å². The molecule has 0 radical (unpaired) electrons. The Morgan fingerprint density at radius 2 is 0.650 bits per heavy atom. The molecule has 0 aromatic carbocycles. The Labute approximate surface area is 142 Å². The number of hydrogen-bond donors (Lipinski definition) is 1. The zero-order chi connectivity index (χ0) is 14.7. The average Bonchev–Trinajstić information content (AvgIpc) is 2.47. The molecule has 0 atom stereocenters. The lowest BCUT2D eigenvalue weighted by atomic mass is 10.0. The maximum absolute atomic E-state index is 4.25. The lowest BCUT2D eigenvalue weighted by Crippen LogP contribution is -1.84. The molecule has 0 aliphatic heterocycles. The first kappa shape index (κ1) is 20.8. The summed E-state index contributed by atoms with van der Waals surface area (Å²) < 4.78 is 0. The fraction of sp³-hybridized carbons (Fsp3) is 1.00. The van der Waals surface area contributed by atoms with Crippen molar-refractivity contribution in [1.29, 1.82) is 0 Å². The molecular weight excluding hydrogens is 328 g/mol. The summed E-state index contributed by atoms with van der Waals surface area (Å²) in [5.41, 5.74) is 0. The van der Waals surface area contributed by atoms with Crippen LogP contribution in [-0.2, 0) is 0 Å². The van der Waals surface area contributed by atoms with Gasteiger partial charge in [0.15, 0.2) is 0 Å². The van der Waals surface area contributed by atoms with Crippen molar-refractivity contribution in [3.05, 3.63) is 0 Å². The van der Waals surface area contributed by atoms with E-state index in [1.165, 1.54) is 108 Å². The van der Waals surface area contributed by atoms with E-state index in [0.717, 1.165) is 5.75 Å². The van der Waals surface area contributed by atoms with Crippen molar-refractivity contribution in [2.45, 2.75) is 103 Å². The minimum Gasteiger partial charge on any atom is -0.179 e. The summed E-state index contributed by atoms with van der Waals surface area (Å²) in [6.07, 6.45) is 23.0. The van der Waals surface area contributed by atoms with Crippen molar-refractivity contribution in [3.63, 3.8) is 0 Å². The summed E-state index contributed by atoms with van der Waals surface area (Å²) >= 11 is 7.74. The van der Waals surface area contributed by atoms with Gasteiger partial charge in [-0.15, -0.1) is 0 Å². The van der Waals surface area contributed by atoms with Gasteiger partial charge in [-0.2, -0.15) is 12.6 Å². The van der Waals surface area contributed by atoms with Gasteiger partial charge in [0.1, 0.15) is 0 Å². The molecule has 2 heteroatoms. The molecule has 0 spiro atoms. The number of hydrogen-bond acceptors (Lipinski definition) is 1. The van der Waals surface area contributed by atoms with Crippen molar-refractivity contribution in [1.82, 2.24) is 0 Å². The number of unbranched alkanes of at least 4 members (excludes halogenated alkanes) is 15. The maximum Gasteiger partial charge on any atom is 0.00313 e. The van der Waals surface area contributed by atoms with Crippen LogP contribution in [-0.4, -0.2) is 11.1 Å². The van der Waals surface area contributed by atoms with Crippen LogP contribution < -0.4 is 0 Å². The van der Waals surface area contributed by atoms with Crippen LogP contribution in [0.15, 0.2) is 0 Å². The molecule has 20 heavy (non-hydrogen) atoms. The predicted octanol–water partition coefficient (Wildman–Crippen LogP) is 7.55. The molecule has 0 N–H and O–H groups in total. The van der Waals surface area contributed by atoms with Gasteiger partial charge in [-0.1, -0.05) is 106 Å². The van der Waals surface area contributed by atoms with Crippen LogP contribution in [0.25, 0.3) is 0 Å². The quantitative estimate of drug-likeness (QED) is 0.153. The molecular formula is C18H37BrS. The summed E-state index contributed by atoms with van der Waals surface area (Å²) in [5, 5.41) is 1.18. The van der Waals surface area contributed by atoms with Crippen molar-refractivity contribution in [2.24, 2.45) is 0 Å². The molecule has 0 heterocycles. The molecule has 0 aromatic heterocycles. The summed E-state index contributed by atoms with van der Waals surface area (Å²) in [6.45, 7) is 0. The monoisotopic (exact) mass is 364 g/mol. The van der Waals surface area contributed by atoms with Crippen LogP contribution in [0.1, 0.15) is 103 Å². The molecule has 0 aliphatic carbocycles. The van der Waals surface area contributed by atoms with Gasteiger partial charge >= 0.3 is 0 Å². The minimum atomic E-state index is 1.07.